The molecule has 0 aliphatic carbocycles. The summed E-state index contributed by atoms with van der Waals surface area (Å²) in [4.78, 5) is 0. The van der Waals surface area contributed by atoms with Gasteiger partial charge < -0.3 is 5.32 Å². The molecule has 0 radical (unpaired) electrons. The molecule has 1 N–H and O–H groups in total. The number of halogens is 1. The van der Waals surface area contributed by atoms with Gasteiger partial charge >= 0.3 is 0 Å². The van der Waals surface area contributed by atoms with Crippen molar-refractivity contribution in [3.8, 4) is 0 Å². The van der Waals surface area contributed by atoms with Gasteiger partial charge in [0.05, 0.1) is 0 Å². The first-order valence-corrected chi connectivity index (χ1v) is 7.52. The topological polar surface area (TPSA) is 12.0 Å². The molecule has 0 saturated heterocycles. The second kappa shape index (κ2) is 6.88. The monoisotopic (exact) mass is 317 g/mol. The molecule has 0 spiro atoms. The molecule has 1 atom stereocenters. The summed E-state index contributed by atoms with van der Waals surface area (Å²) in [5.41, 5.74) is 4.05. The minimum Gasteiger partial charge on any atom is -0.310 e. The van der Waals surface area contributed by atoms with Gasteiger partial charge in [-0.2, -0.15) is 0 Å². The molecule has 2 rings (SSSR count). The van der Waals surface area contributed by atoms with E-state index in [2.05, 4.69) is 83.6 Å². The summed E-state index contributed by atoms with van der Waals surface area (Å²) in [5.74, 6) is 0. The van der Waals surface area contributed by atoms with Crippen molar-refractivity contribution in [1.82, 2.24) is 5.32 Å². The average molecular weight is 318 g/mol. The summed E-state index contributed by atoms with van der Waals surface area (Å²) in [6.45, 7) is 5.28. The molecule has 0 saturated carbocycles. The van der Waals surface area contributed by atoms with Crippen LogP contribution in [-0.4, -0.2) is 6.54 Å². The molecule has 1 nitrogen and oxygen atoms in total. The van der Waals surface area contributed by atoms with Crippen molar-refractivity contribution in [3.63, 3.8) is 0 Å². The van der Waals surface area contributed by atoms with Crippen LogP contribution in [0.4, 0.5) is 0 Å². The SMILES string of the molecule is CCNC(Cc1cccc(C)c1)c1ccc(Br)cc1. The highest BCUT2D eigenvalue weighted by molar-refractivity contribution is 9.10. The first-order valence-electron chi connectivity index (χ1n) is 6.73. The zero-order chi connectivity index (χ0) is 13.7. The standard InChI is InChI=1S/C17H20BrN/c1-3-19-17(15-7-9-16(18)10-8-15)12-14-6-4-5-13(2)11-14/h4-11,17,19H,3,12H2,1-2H3. The number of aryl methyl sites for hydroxylation is 1. The molecule has 0 aliphatic heterocycles. The predicted octanol–water partition coefficient (Wildman–Crippen LogP) is 4.65. The van der Waals surface area contributed by atoms with Crippen LogP contribution >= 0.6 is 15.9 Å². The summed E-state index contributed by atoms with van der Waals surface area (Å²) < 4.78 is 1.13. The molecule has 2 heteroatoms. The smallest absolute Gasteiger partial charge is 0.0360 e. The lowest BCUT2D eigenvalue weighted by atomic mass is 9.98. The molecular weight excluding hydrogens is 298 g/mol. The van der Waals surface area contributed by atoms with Gasteiger partial charge in [0.2, 0.25) is 0 Å². The normalized spacial score (nSPS) is 12.4. The average Bonchev–Trinajstić information content (AvgIpc) is 2.39. The Morgan fingerprint density at radius 3 is 2.47 bits per heavy atom. The van der Waals surface area contributed by atoms with E-state index in [1.54, 1.807) is 0 Å². The first-order chi connectivity index (χ1) is 9.19. The number of likely N-dealkylation sites (N-methyl/N-ethyl adjacent to an activating group) is 1. The van der Waals surface area contributed by atoms with Crippen molar-refractivity contribution in [2.75, 3.05) is 6.54 Å². The summed E-state index contributed by atoms with van der Waals surface area (Å²) in [7, 11) is 0. The van der Waals surface area contributed by atoms with Crippen LogP contribution in [0, 0.1) is 6.92 Å². The van der Waals surface area contributed by atoms with Gasteiger partial charge in [-0.15, -0.1) is 0 Å². The van der Waals surface area contributed by atoms with Crippen LogP contribution in [0.15, 0.2) is 53.0 Å². The van der Waals surface area contributed by atoms with Gasteiger partial charge in [-0.05, 0) is 43.1 Å². The van der Waals surface area contributed by atoms with Gasteiger partial charge in [-0.1, -0.05) is 64.8 Å². The Kier molecular flexibility index (Phi) is 5.17. The van der Waals surface area contributed by atoms with Crippen molar-refractivity contribution in [1.29, 1.82) is 0 Å². The minimum absolute atomic E-state index is 0.375. The van der Waals surface area contributed by atoms with Crippen LogP contribution < -0.4 is 5.32 Å². The zero-order valence-corrected chi connectivity index (χ0v) is 13.1. The fourth-order valence-electron chi connectivity index (χ4n) is 2.32. The van der Waals surface area contributed by atoms with Crippen molar-refractivity contribution >= 4 is 15.9 Å². The van der Waals surface area contributed by atoms with Gasteiger partial charge in [0.25, 0.3) is 0 Å². The molecule has 0 aliphatic rings. The number of rotatable bonds is 5. The van der Waals surface area contributed by atoms with Crippen LogP contribution in [-0.2, 0) is 6.42 Å². The first kappa shape index (κ1) is 14.3. The Labute approximate surface area is 124 Å². The largest absolute Gasteiger partial charge is 0.310 e. The van der Waals surface area contributed by atoms with Gasteiger partial charge in [-0.3, -0.25) is 0 Å². The van der Waals surface area contributed by atoms with E-state index in [9.17, 15) is 0 Å². The molecule has 19 heavy (non-hydrogen) atoms. The number of hydrogen-bond acceptors (Lipinski definition) is 1. The Morgan fingerprint density at radius 2 is 1.84 bits per heavy atom. The van der Waals surface area contributed by atoms with Crippen LogP contribution in [0.5, 0.6) is 0 Å². The zero-order valence-electron chi connectivity index (χ0n) is 11.5. The lowest BCUT2D eigenvalue weighted by Crippen LogP contribution is -2.22. The third-order valence-electron chi connectivity index (χ3n) is 3.25. The van der Waals surface area contributed by atoms with Crippen LogP contribution in [0.3, 0.4) is 0 Å². The second-order valence-electron chi connectivity index (χ2n) is 4.85. The lowest BCUT2D eigenvalue weighted by molar-refractivity contribution is 0.549. The van der Waals surface area contributed by atoms with Gasteiger partial charge in [-0.25, -0.2) is 0 Å². The number of benzene rings is 2. The molecule has 0 amide bonds. The van der Waals surface area contributed by atoms with Crippen LogP contribution in [0.2, 0.25) is 0 Å². The van der Waals surface area contributed by atoms with Crippen molar-refractivity contribution in [2.45, 2.75) is 26.3 Å². The summed E-state index contributed by atoms with van der Waals surface area (Å²) in [6, 6.07) is 17.7. The summed E-state index contributed by atoms with van der Waals surface area (Å²) in [6.07, 6.45) is 1.02. The highest BCUT2D eigenvalue weighted by Crippen LogP contribution is 2.21. The van der Waals surface area contributed by atoms with E-state index in [4.69, 9.17) is 0 Å². The number of nitrogens with one attached hydrogen (secondary N) is 1. The molecule has 1 unspecified atom stereocenters. The Morgan fingerprint density at radius 1 is 1.11 bits per heavy atom. The maximum absolute atomic E-state index is 3.57. The van der Waals surface area contributed by atoms with E-state index >= 15 is 0 Å². The van der Waals surface area contributed by atoms with Gasteiger partial charge in [0.1, 0.15) is 0 Å². The number of hydrogen-bond donors (Lipinski definition) is 1. The minimum atomic E-state index is 0.375. The molecule has 0 aromatic heterocycles. The Balaban J connectivity index is 2.18. The van der Waals surface area contributed by atoms with E-state index in [-0.39, 0.29) is 0 Å². The lowest BCUT2D eigenvalue weighted by Gasteiger charge is -2.19. The third-order valence-corrected chi connectivity index (χ3v) is 3.77. The molecular formula is C17H20BrN. The molecule has 0 fully saturated rings. The van der Waals surface area contributed by atoms with Crippen LogP contribution in [0.25, 0.3) is 0 Å². The fourth-order valence-corrected chi connectivity index (χ4v) is 2.59. The van der Waals surface area contributed by atoms with Crippen molar-refractivity contribution in [3.05, 3.63) is 69.7 Å². The summed E-state index contributed by atoms with van der Waals surface area (Å²) >= 11 is 3.49. The van der Waals surface area contributed by atoms with E-state index in [1.807, 2.05) is 0 Å². The molecule has 2 aromatic carbocycles. The van der Waals surface area contributed by atoms with Gasteiger partial charge in [0.15, 0.2) is 0 Å². The Hall–Kier alpha value is -1.12. The second-order valence-corrected chi connectivity index (χ2v) is 5.77. The highest BCUT2D eigenvalue weighted by atomic mass is 79.9. The maximum Gasteiger partial charge on any atom is 0.0360 e. The maximum atomic E-state index is 3.57. The predicted molar refractivity (Wildman–Crippen MR) is 85.4 cm³/mol. The third kappa shape index (κ3) is 4.19. The molecule has 0 bridgehead atoms. The van der Waals surface area contributed by atoms with Gasteiger partial charge in [0, 0.05) is 10.5 Å². The van der Waals surface area contributed by atoms with Crippen molar-refractivity contribution < 1.29 is 0 Å². The van der Waals surface area contributed by atoms with Crippen LogP contribution in [0.1, 0.15) is 29.7 Å². The van der Waals surface area contributed by atoms with E-state index in [0.717, 1.165) is 17.4 Å². The molecule has 2 aromatic rings. The fraction of sp³-hybridized carbons (Fsp3) is 0.294. The highest BCUT2D eigenvalue weighted by Gasteiger charge is 2.11. The molecule has 0 heterocycles. The van der Waals surface area contributed by atoms with E-state index < -0.39 is 0 Å². The summed E-state index contributed by atoms with van der Waals surface area (Å²) in [5, 5.41) is 3.57. The Bertz CT molecular complexity index is 519. The quantitative estimate of drug-likeness (QED) is 0.846. The van der Waals surface area contributed by atoms with E-state index in [0.29, 0.717) is 6.04 Å². The molecule has 100 valence electrons. The van der Waals surface area contributed by atoms with Crippen molar-refractivity contribution in [2.24, 2.45) is 0 Å². The van der Waals surface area contributed by atoms with E-state index in [1.165, 1.54) is 16.7 Å².